The summed E-state index contributed by atoms with van der Waals surface area (Å²) in [6.45, 7) is 8.00. The van der Waals surface area contributed by atoms with Gasteiger partial charge < -0.3 is 20.5 Å². The van der Waals surface area contributed by atoms with Crippen LogP contribution in [0.15, 0.2) is 0 Å². The van der Waals surface area contributed by atoms with Gasteiger partial charge in [-0.15, -0.1) is 0 Å². The predicted molar refractivity (Wildman–Crippen MR) is 70.9 cm³/mol. The van der Waals surface area contributed by atoms with Crippen LogP contribution < -0.4 is 10.6 Å². The van der Waals surface area contributed by atoms with Gasteiger partial charge >= 0.3 is 12.0 Å². The van der Waals surface area contributed by atoms with Crippen LogP contribution in [0.2, 0.25) is 0 Å². The van der Waals surface area contributed by atoms with E-state index in [1.807, 2.05) is 6.92 Å². The average molecular weight is 272 g/mol. The maximum Gasteiger partial charge on any atom is 0.315 e. The van der Waals surface area contributed by atoms with E-state index in [1.54, 1.807) is 6.92 Å². The second-order valence-corrected chi connectivity index (χ2v) is 5.58. The van der Waals surface area contributed by atoms with Crippen LogP contribution in [0.25, 0.3) is 0 Å². The highest BCUT2D eigenvalue weighted by Crippen LogP contribution is 2.28. The Morgan fingerprint density at radius 2 is 2.11 bits per heavy atom. The number of carboxylic acids is 1. The molecule has 6 nitrogen and oxygen atoms in total. The Balaban J connectivity index is 2.55. The molecule has 3 N–H and O–H groups in total. The van der Waals surface area contributed by atoms with Crippen molar-refractivity contribution in [2.45, 2.75) is 46.2 Å². The number of hydrogen-bond donors (Lipinski definition) is 3. The summed E-state index contributed by atoms with van der Waals surface area (Å²) >= 11 is 0. The highest BCUT2D eigenvalue weighted by Gasteiger charge is 2.47. The number of urea groups is 1. The molecule has 1 rings (SSSR count). The summed E-state index contributed by atoms with van der Waals surface area (Å²) in [5, 5.41) is 14.8. The number of carbonyl (C=O) groups is 2. The number of hydrogen-bond acceptors (Lipinski definition) is 3. The third-order valence-electron chi connectivity index (χ3n) is 4.11. The average Bonchev–Trinajstić information content (AvgIpc) is 2.71. The van der Waals surface area contributed by atoms with Crippen molar-refractivity contribution in [3.05, 3.63) is 0 Å². The van der Waals surface area contributed by atoms with Crippen LogP contribution in [0.5, 0.6) is 0 Å². The van der Waals surface area contributed by atoms with E-state index in [4.69, 9.17) is 4.74 Å². The molecule has 1 aliphatic rings. The maximum atomic E-state index is 11.9. The molecule has 0 radical (unpaired) electrons. The Labute approximate surface area is 113 Å². The van der Waals surface area contributed by atoms with Gasteiger partial charge in [-0.2, -0.15) is 0 Å². The summed E-state index contributed by atoms with van der Waals surface area (Å²) < 4.78 is 5.19. The molecule has 0 saturated carbocycles. The molecule has 19 heavy (non-hydrogen) atoms. The molecular weight excluding hydrogens is 248 g/mol. The first kappa shape index (κ1) is 15.8. The SMILES string of the molecule is CCC(C)C(C)NC(=O)NC1COCC1(C)C(=O)O. The van der Waals surface area contributed by atoms with Crippen LogP contribution in [0.1, 0.15) is 34.1 Å². The molecule has 1 fully saturated rings. The van der Waals surface area contributed by atoms with E-state index < -0.39 is 17.4 Å². The van der Waals surface area contributed by atoms with Crippen molar-refractivity contribution in [2.75, 3.05) is 13.2 Å². The predicted octanol–water partition coefficient (Wildman–Crippen LogP) is 1.21. The first-order valence-corrected chi connectivity index (χ1v) is 6.69. The monoisotopic (exact) mass is 272 g/mol. The lowest BCUT2D eigenvalue weighted by Gasteiger charge is -2.27. The molecule has 6 heteroatoms. The highest BCUT2D eigenvalue weighted by molar-refractivity contribution is 5.79. The molecule has 0 spiro atoms. The molecule has 0 bridgehead atoms. The van der Waals surface area contributed by atoms with Crippen LogP contribution in [-0.2, 0) is 9.53 Å². The Kier molecular flexibility index (Phi) is 5.17. The zero-order valence-electron chi connectivity index (χ0n) is 12.0. The van der Waals surface area contributed by atoms with Crippen molar-refractivity contribution in [1.29, 1.82) is 0 Å². The van der Waals surface area contributed by atoms with Gasteiger partial charge in [0.25, 0.3) is 0 Å². The number of aliphatic carboxylic acids is 1. The Morgan fingerprint density at radius 1 is 1.47 bits per heavy atom. The Bertz CT molecular complexity index is 348. The first-order chi connectivity index (χ1) is 8.81. The molecular formula is C13H24N2O4. The van der Waals surface area contributed by atoms with Crippen molar-refractivity contribution in [3.63, 3.8) is 0 Å². The number of carboxylic acid groups (broad SMARTS) is 1. The highest BCUT2D eigenvalue weighted by atomic mass is 16.5. The van der Waals surface area contributed by atoms with E-state index in [2.05, 4.69) is 24.5 Å². The molecule has 1 aliphatic heterocycles. The maximum absolute atomic E-state index is 11.9. The summed E-state index contributed by atoms with van der Waals surface area (Å²) in [4.78, 5) is 23.1. The lowest BCUT2D eigenvalue weighted by atomic mass is 9.85. The minimum Gasteiger partial charge on any atom is -0.481 e. The van der Waals surface area contributed by atoms with E-state index in [0.717, 1.165) is 6.42 Å². The molecule has 0 aliphatic carbocycles. The van der Waals surface area contributed by atoms with Crippen LogP contribution in [-0.4, -0.2) is 42.4 Å². The number of carbonyl (C=O) groups excluding carboxylic acids is 1. The summed E-state index contributed by atoms with van der Waals surface area (Å²) in [7, 11) is 0. The van der Waals surface area contributed by atoms with Gasteiger partial charge in [0.2, 0.25) is 0 Å². The van der Waals surface area contributed by atoms with Gasteiger partial charge in [0.15, 0.2) is 0 Å². The minimum absolute atomic E-state index is 0.0448. The van der Waals surface area contributed by atoms with Gasteiger partial charge in [-0.05, 0) is 19.8 Å². The number of nitrogens with one attached hydrogen (secondary N) is 2. The van der Waals surface area contributed by atoms with Crippen LogP contribution in [0.3, 0.4) is 0 Å². The van der Waals surface area contributed by atoms with Crippen LogP contribution in [0, 0.1) is 11.3 Å². The molecule has 2 amide bonds. The third-order valence-corrected chi connectivity index (χ3v) is 4.11. The van der Waals surface area contributed by atoms with E-state index in [1.165, 1.54) is 0 Å². The Morgan fingerprint density at radius 3 is 2.63 bits per heavy atom. The lowest BCUT2D eigenvalue weighted by molar-refractivity contribution is -0.148. The van der Waals surface area contributed by atoms with Crippen molar-refractivity contribution in [3.8, 4) is 0 Å². The second kappa shape index (κ2) is 6.23. The lowest BCUT2D eigenvalue weighted by Crippen LogP contribution is -2.54. The number of ether oxygens (including phenoxy) is 1. The van der Waals surface area contributed by atoms with E-state index in [9.17, 15) is 14.7 Å². The Hall–Kier alpha value is -1.30. The smallest absolute Gasteiger partial charge is 0.315 e. The quantitative estimate of drug-likeness (QED) is 0.702. The fraction of sp³-hybridized carbons (Fsp3) is 0.846. The van der Waals surface area contributed by atoms with Crippen molar-refractivity contribution >= 4 is 12.0 Å². The molecule has 0 aromatic rings. The summed E-state index contributed by atoms with van der Waals surface area (Å²) in [5.41, 5.74) is -1.06. The molecule has 0 aromatic carbocycles. The van der Waals surface area contributed by atoms with Gasteiger partial charge in [0.05, 0.1) is 19.3 Å². The van der Waals surface area contributed by atoms with Crippen LogP contribution >= 0.6 is 0 Å². The zero-order chi connectivity index (χ0) is 14.6. The molecule has 4 atom stereocenters. The second-order valence-electron chi connectivity index (χ2n) is 5.58. The standard InChI is InChI=1S/C13H24N2O4/c1-5-8(2)9(3)14-12(18)15-10-6-19-7-13(10,4)11(16)17/h8-10H,5-7H2,1-4H3,(H,16,17)(H2,14,15,18). The van der Waals surface area contributed by atoms with Crippen molar-refractivity contribution in [1.82, 2.24) is 10.6 Å². The van der Waals surface area contributed by atoms with Gasteiger partial charge in [0.1, 0.15) is 5.41 Å². The molecule has 0 aromatic heterocycles. The fourth-order valence-corrected chi connectivity index (χ4v) is 1.99. The van der Waals surface area contributed by atoms with E-state index >= 15 is 0 Å². The fourth-order valence-electron chi connectivity index (χ4n) is 1.99. The largest absolute Gasteiger partial charge is 0.481 e. The third kappa shape index (κ3) is 3.59. The molecule has 1 heterocycles. The summed E-state index contributed by atoms with van der Waals surface area (Å²) in [6.07, 6.45) is 0.973. The number of amides is 2. The van der Waals surface area contributed by atoms with Crippen molar-refractivity contribution in [2.24, 2.45) is 11.3 Å². The normalized spacial score (nSPS) is 29.6. The summed E-state index contributed by atoms with van der Waals surface area (Å²) in [5.74, 6) is -0.582. The van der Waals surface area contributed by atoms with Gasteiger partial charge in [-0.3, -0.25) is 4.79 Å². The van der Waals surface area contributed by atoms with E-state index in [-0.39, 0.29) is 25.3 Å². The first-order valence-electron chi connectivity index (χ1n) is 6.69. The van der Waals surface area contributed by atoms with Gasteiger partial charge in [-0.25, -0.2) is 4.79 Å². The zero-order valence-corrected chi connectivity index (χ0v) is 12.0. The number of rotatable bonds is 5. The molecule has 4 unspecified atom stereocenters. The van der Waals surface area contributed by atoms with Gasteiger partial charge in [0, 0.05) is 6.04 Å². The minimum atomic E-state index is -1.06. The summed E-state index contributed by atoms with van der Waals surface area (Å²) in [6, 6.07) is -0.798. The van der Waals surface area contributed by atoms with E-state index in [0.29, 0.717) is 5.92 Å². The van der Waals surface area contributed by atoms with Crippen molar-refractivity contribution < 1.29 is 19.4 Å². The van der Waals surface area contributed by atoms with Gasteiger partial charge in [-0.1, -0.05) is 20.3 Å². The van der Waals surface area contributed by atoms with Crippen LogP contribution in [0.4, 0.5) is 4.79 Å². The topological polar surface area (TPSA) is 87.7 Å². The molecule has 1 saturated heterocycles. The molecule has 110 valence electrons.